The lowest BCUT2D eigenvalue weighted by molar-refractivity contribution is -0.165. The largest absolute Gasteiger partial charge is 0.496 e. The van der Waals surface area contributed by atoms with Gasteiger partial charge in [-0.1, -0.05) is 13.3 Å². The molecule has 0 saturated carbocycles. The van der Waals surface area contributed by atoms with E-state index >= 15 is 0 Å². The molecule has 0 unspecified atom stereocenters. The average Bonchev–Trinajstić information content (AvgIpc) is 2.68. The highest BCUT2D eigenvalue weighted by Crippen LogP contribution is 2.39. The summed E-state index contributed by atoms with van der Waals surface area (Å²) >= 11 is 0. The van der Waals surface area contributed by atoms with Gasteiger partial charge in [-0.3, -0.25) is 9.59 Å². The van der Waals surface area contributed by atoms with Gasteiger partial charge in [0.05, 0.1) is 20.3 Å². The number of carbonyl (C=O) groups excluding carboxylic acids is 2. The second-order valence-electron chi connectivity index (χ2n) is 6.26. The van der Waals surface area contributed by atoms with E-state index in [1.165, 1.54) is 19.2 Å². The minimum absolute atomic E-state index is 0.0522. The van der Waals surface area contributed by atoms with Crippen molar-refractivity contribution >= 4 is 11.9 Å². The Labute approximate surface area is 166 Å². The van der Waals surface area contributed by atoms with Gasteiger partial charge in [-0.2, -0.15) is 0 Å². The molecule has 0 radical (unpaired) electrons. The Balaban J connectivity index is 3.34. The molecule has 0 saturated heterocycles. The summed E-state index contributed by atoms with van der Waals surface area (Å²) in [6.07, 6.45) is 2.38. The van der Waals surface area contributed by atoms with Gasteiger partial charge in [-0.25, -0.2) is 4.39 Å². The number of hydrogen-bond donors (Lipinski definition) is 0. The number of unbranched alkanes of at least 4 members (excludes halogenated alkanes) is 1. The van der Waals surface area contributed by atoms with Gasteiger partial charge in [0.1, 0.15) is 11.6 Å². The molecule has 0 amide bonds. The lowest BCUT2D eigenvalue weighted by Crippen LogP contribution is -2.47. The molecule has 28 heavy (non-hydrogen) atoms. The van der Waals surface area contributed by atoms with Gasteiger partial charge in [0.15, 0.2) is 5.41 Å². The number of ether oxygens (including phenoxy) is 4. The van der Waals surface area contributed by atoms with E-state index in [4.69, 9.17) is 18.9 Å². The number of esters is 2. The molecule has 0 atom stereocenters. The van der Waals surface area contributed by atoms with E-state index in [1.807, 2.05) is 0 Å². The maximum absolute atomic E-state index is 14.1. The standard InChI is InChI=1S/C21H31FO6/c1-5-8-13-26-14-9-12-21(19(23)27-6-2,20(24)28-7-3)17-15-16(22)10-11-18(17)25-4/h10-11,15H,5-9,12-14H2,1-4H3. The second kappa shape index (κ2) is 12.3. The monoisotopic (exact) mass is 398 g/mol. The van der Waals surface area contributed by atoms with Gasteiger partial charge in [0.2, 0.25) is 0 Å². The Morgan fingerprint density at radius 2 is 1.61 bits per heavy atom. The smallest absolute Gasteiger partial charge is 0.328 e. The third-order valence-electron chi connectivity index (χ3n) is 4.35. The summed E-state index contributed by atoms with van der Waals surface area (Å²) < 4.78 is 35.3. The van der Waals surface area contributed by atoms with E-state index in [9.17, 15) is 14.0 Å². The summed E-state index contributed by atoms with van der Waals surface area (Å²) in [5.41, 5.74) is -1.73. The molecule has 1 rings (SSSR count). The van der Waals surface area contributed by atoms with Crippen molar-refractivity contribution in [2.24, 2.45) is 0 Å². The van der Waals surface area contributed by atoms with E-state index in [2.05, 4.69) is 6.92 Å². The van der Waals surface area contributed by atoms with Gasteiger partial charge >= 0.3 is 11.9 Å². The summed E-state index contributed by atoms with van der Waals surface area (Å²) in [5, 5.41) is 0. The van der Waals surface area contributed by atoms with Crippen LogP contribution < -0.4 is 4.74 Å². The first-order valence-corrected chi connectivity index (χ1v) is 9.74. The highest BCUT2D eigenvalue weighted by molar-refractivity contribution is 6.07. The highest BCUT2D eigenvalue weighted by Gasteiger charge is 2.52. The van der Waals surface area contributed by atoms with Crippen LogP contribution in [-0.4, -0.2) is 45.5 Å². The van der Waals surface area contributed by atoms with Crippen molar-refractivity contribution in [3.8, 4) is 5.75 Å². The first-order valence-electron chi connectivity index (χ1n) is 9.74. The molecule has 0 spiro atoms. The first kappa shape index (κ1) is 23.9. The molecule has 0 N–H and O–H groups in total. The molecule has 0 aliphatic heterocycles. The fourth-order valence-electron chi connectivity index (χ4n) is 2.95. The van der Waals surface area contributed by atoms with Crippen LogP contribution in [0.5, 0.6) is 5.75 Å². The van der Waals surface area contributed by atoms with E-state index < -0.39 is 23.2 Å². The second-order valence-corrected chi connectivity index (χ2v) is 6.26. The van der Waals surface area contributed by atoms with Crippen molar-refractivity contribution in [1.29, 1.82) is 0 Å². The van der Waals surface area contributed by atoms with E-state index in [0.717, 1.165) is 18.9 Å². The van der Waals surface area contributed by atoms with Crippen LogP contribution in [0, 0.1) is 5.82 Å². The predicted octanol–water partition coefficient (Wildman–Crippen LogP) is 3.80. The molecule has 0 aromatic heterocycles. The summed E-state index contributed by atoms with van der Waals surface area (Å²) in [4.78, 5) is 26.0. The van der Waals surface area contributed by atoms with Crippen molar-refractivity contribution in [1.82, 2.24) is 0 Å². The Morgan fingerprint density at radius 1 is 1.00 bits per heavy atom. The van der Waals surface area contributed by atoms with Crippen molar-refractivity contribution in [3.63, 3.8) is 0 Å². The zero-order chi connectivity index (χ0) is 21.0. The Morgan fingerprint density at radius 3 is 2.14 bits per heavy atom. The fraction of sp³-hybridized carbons (Fsp3) is 0.619. The maximum atomic E-state index is 14.1. The lowest BCUT2D eigenvalue weighted by atomic mass is 9.76. The molecule has 0 bridgehead atoms. The molecular formula is C21H31FO6. The van der Waals surface area contributed by atoms with Crippen LogP contribution in [0.15, 0.2) is 18.2 Å². The molecular weight excluding hydrogens is 367 g/mol. The van der Waals surface area contributed by atoms with Crippen LogP contribution in [0.2, 0.25) is 0 Å². The van der Waals surface area contributed by atoms with Gasteiger partial charge in [-0.05, 0) is 51.3 Å². The molecule has 7 heteroatoms. The van der Waals surface area contributed by atoms with Crippen LogP contribution in [0.3, 0.4) is 0 Å². The average molecular weight is 398 g/mol. The van der Waals surface area contributed by atoms with Gasteiger partial charge in [0.25, 0.3) is 0 Å². The number of carbonyl (C=O) groups is 2. The van der Waals surface area contributed by atoms with Gasteiger partial charge in [-0.15, -0.1) is 0 Å². The Kier molecular flexibility index (Phi) is 10.5. The van der Waals surface area contributed by atoms with Gasteiger partial charge in [0, 0.05) is 18.8 Å². The predicted molar refractivity (Wildman–Crippen MR) is 103 cm³/mol. The van der Waals surface area contributed by atoms with E-state index in [0.29, 0.717) is 19.6 Å². The summed E-state index contributed by atoms with van der Waals surface area (Å²) in [6, 6.07) is 3.72. The minimum Gasteiger partial charge on any atom is -0.496 e. The molecule has 0 fully saturated rings. The van der Waals surface area contributed by atoms with Crippen LogP contribution in [0.1, 0.15) is 52.0 Å². The highest BCUT2D eigenvalue weighted by atomic mass is 19.1. The number of halogens is 1. The zero-order valence-corrected chi connectivity index (χ0v) is 17.2. The Bertz CT molecular complexity index is 613. The van der Waals surface area contributed by atoms with Crippen molar-refractivity contribution in [3.05, 3.63) is 29.6 Å². The summed E-state index contributed by atoms with van der Waals surface area (Å²) in [7, 11) is 1.39. The Hall–Kier alpha value is -2.15. The molecule has 158 valence electrons. The molecule has 0 aliphatic carbocycles. The van der Waals surface area contributed by atoms with Crippen LogP contribution >= 0.6 is 0 Å². The molecule has 1 aromatic rings. The third kappa shape index (κ3) is 5.92. The third-order valence-corrected chi connectivity index (χ3v) is 4.35. The van der Waals surface area contributed by atoms with Crippen molar-refractivity contribution in [2.75, 3.05) is 33.5 Å². The van der Waals surface area contributed by atoms with Crippen molar-refractivity contribution in [2.45, 2.75) is 51.9 Å². The van der Waals surface area contributed by atoms with E-state index in [-0.39, 0.29) is 30.9 Å². The molecule has 0 aliphatic rings. The van der Waals surface area contributed by atoms with Crippen LogP contribution in [0.4, 0.5) is 4.39 Å². The topological polar surface area (TPSA) is 71.1 Å². The summed E-state index contributed by atoms with van der Waals surface area (Å²) in [6.45, 7) is 6.46. The lowest BCUT2D eigenvalue weighted by Gasteiger charge is -2.31. The van der Waals surface area contributed by atoms with Crippen LogP contribution in [-0.2, 0) is 29.2 Å². The normalized spacial score (nSPS) is 11.2. The maximum Gasteiger partial charge on any atom is 0.328 e. The fourth-order valence-corrected chi connectivity index (χ4v) is 2.95. The summed E-state index contributed by atoms with van der Waals surface area (Å²) in [5.74, 6) is -1.95. The van der Waals surface area contributed by atoms with Gasteiger partial charge < -0.3 is 18.9 Å². The van der Waals surface area contributed by atoms with Crippen LogP contribution in [0.25, 0.3) is 0 Å². The number of methoxy groups -OCH3 is 1. The molecule has 0 heterocycles. The number of benzene rings is 1. The first-order chi connectivity index (χ1) is 13.5. The molecule has 6 nitrogen and oxygen atoms in total. The SMILES string of the molecule is CCCCOCCCC(C(=O)OCC)(C(=O)OCC)c1cc(F)ccc1OC. The quantitative estimate of drug-likeness (QED) is 0.286. The minimum atomic E-state index is -1.83. The zero-order valence-electron chi connectivity index (χ0n) is 17.2. The van der Waals surface area contributed by atoms with E-state index in [1.54, 1.807) is 13.8 Å². The molecule has 1 aromatic carbocycles. The number of hydrogen-bond acceptors (Lipinski definition) is 6. The number of rotatable bonds is 13. The van der Waals surface area contributed by atoms with Crippen molar-refractivity contribution < 1.29 is 32.9 Å².